The van der Waals surface area contributed by atoms with Crippen molar-refractivity contribution in [3.8, 4) is 0 Å². The van der Waals surface area contributed by atoms with Gasteiger partial charge in [0.05, 0.1) is 21.6 Å². The second-order valence-corrected chi connectivity index (χ2v) is 8.78. The van der Waals surface area contributed by atoms with E-state index < -0.39 is 10.0 Å². The molecule has 30 heavy (non-hydrogen) atoms. The van der Waals surface area contributed by atoms with E-state index in [0.29, 0.717) is 28.1 Å². The van der Waals surface area contributed by atoms with Crippen molar-refractivity contribution in [1.29, 1.82) is 0 Å². The Morgan fingerprint density at radius 3 is 2.50 bits per heavy atom. The lowest BCUT2D eigenvalue weighted by atomic mass is 10.1. The lowest BCUT2D eigenvalue weighted by Gasteiger charge is -2.17. The van der Waals surface area contributed by atoms with E-state index in [1.54, 1.807) is 36.4 Å². The average Bonchev–Trinajstić information content (AvgIpc) is 3.07. The van der Waals surface area contributed by atoms with E-state index in [-0.39, 0.29) is 10.8 Å². The zero-order chi connectivity index (χ0) is 21.5. The molecule has 1 heterocycles. The number of rotatable bonds is 5. The lowest BCUT2D eigenvalue weighted by molar-refractivity contribution is -0.114. The van der Waals surface area contributed by atoms with Gasteiger partial charge in [-0.25, -0.2) is 13.4 Å². The topological polar surface area (TPSA) is 107 Å². The van der Waals surface area contributed by atoms with Gasteiger partial charge in [0.2, 0.25) is 11.9 Å². The molecule has 8 nitrogen and oxygen atoms in total. The van der Waals surface area contributed by atoms with Crippen molar-refractivity contribution in [2.45, 2.75) is 11.8 Å². The van der Waals surface area contributed by atoms with Gasteiger partial charge in [0, 0.05) is 37.5 Å². The molecule has 0 radical (unpaired) electrons. The fraction of sp³-hybridized carbons (Fsp3) is 0.143. The molecule has 0 saturated carbocycles. The summed E-state index contributed by atoms with van der Waals surface area (Å²) in [5.41, 5.74) is 2.55. The predicted molar refractivity (Wildman–Crippen MR) is 119 cm³/mol. The SMILES string of the molecule is CC(=O)Nc1nc2ccc(NS(=O)(=O)c3cccc4c(N(C)C)cccc34)cc2[nH]1. The van der Waals surface area contributed by atoms with Crippen LogP contribution in [0.25, 0.3) is 21.8 Å². The van der Waals surface area contributed by atoms with Gasteiger partial charge < -0.3 is 9.88 Å². The quantitative estimate of drug-likeness (QED) is 0.455. The number of hydrogen-bond acceptors (Lipinski definition) is 5. The van der Waals surface area contributed by atoms with Crippen molar-refractivity contribution >= 4 is 55.1 Å². The van der Waals surface area contributed by atoms with Crippen molar-refractivity contribution in [1.82, 2.24) is 9.97 Å². The second-order valence-electron chi connectivity index (χ2n) is 7.13. The van der Waals surface area contributed by atoms with Crippen LogP contribution in [0.1, 0.15) is 6.92 Å². The lowest BCUT2D eigenvalue weighted by Crippen LogP contribution is -2.14. The van der Waals surface area contributed by atoms with Crippen LogP contribution in [0.2, 0.25) is 0 Å². The molecule has 3 aromatic carbocycles. The van der Waals surface area contributed by atoms with Crippen LogP contribution in [-0.4, -0.2) is 38.4 Å². The molecule has 0 atom stereocenters. The number of aromatic amines is 1. The summed E-state index contributed by atoms with van der Waals surface area (Å²) in [6.07, 6.45) is 0. The summed E-state index contributed by atoms with van der Waals surface area (Å²) in [5, 5.41) is 4.08. The molecule has 0 fully saturated rings. The van der Waals surface area contributed by atoms with Crippen molar-refractivity contribution in [3.63, 3.8) is 0 Å². The number of sulfonamides is 1. The number of imidazole rings is 1. The Morgan fingerprint density at radius 1 is 1.03 bits per heavy atom. The summed E-state index contributed by atoms with van der Waals surface area (Å²) < 4.78 is 29.0. The number of fused-ring (bicyclic) bond motifs is 2. The van der Waals surface area contributed by atoms with Gasteiger partial charge in [0.25, 0.3) is 10.0 Å². The molecule has 0 aliphatic carbocycles. The molecule has 9 heteroatoms. The summed E-state index contributed by atoms with van der Waals surface area (Å²) in [5.74, 6) is 0.0609. The molecule has 0 aliphatic heterocycles. The maximum Gasteiger partial charge on any atom is 0.262 e. The monoisotopic (exact) mass is 423 g/mol. The van der Waals surface area contributed by atoms with Gasteiger partial charge in [-0.15, -0.1) is 0 Å². The number of nitrogens with zero attached hydrogens (tertiary/aromatic N) is 2. The molecule has 0 bridgehead atoms. The van der Waals surface area contributed by atoms with Gasteiger partial charge >= 0.3 is 0 Å². The molecule has 1 amide bonds. The number of H-pyrrole nitrogens is 1. The van der Waals surface area contributed by atoms with Gasteiger partial charge in [0.1, 0.15) is 0 Å². The third kappa shape index (κ3) is 3.67. The number of nitrogens with one attached hydrogen (secondary N) is 3. The number of hydrogen-bond donors (Lipinski definition) is 3. The number of amides is 1. The Hall–Kier alpha value is -3.59. The standard InChI is InChI=1S/C21H21N5O3S/c1-13(27)22-21-23-17-11-10-14(12-18(17)24-21)25-30(28,29)20-9-5-6-15-16(20)7-4-8-19(15)26(2)3/h4-12,25H,1-3H3,(H2,22,23,24,27). The molecular weight excluding hydrogens is 402 g/mol. The summed E-state index contributed by atoms with van der Waals surface area (Å²) in [7, 11) is 0.00357. The zero-order valence-corrected chi connectivity index (χ0v) is 17.5. The van der Waals surface area contributed by atoms with E-state index in [1.165, 1.54) is 6.92 Å². The minimum absolute atomic E-state index is 0.201. The smallest absolute Gasteiger partial charge is 0.262 e. The number of carbonyl (C=O) groups is 1. The number of anilines is 3. The molecular formula is C21H21N5O3S. The van der Waals surface area contributed by atoms with Crippen LogP contribution in [0.3, 0.4) is 0 Å². The fourth-order valence-corrected chi connectivity index (χ4v) is 4.67. The predicted octanol–water partition coefficient (Wildman–Crippen LogP) is 3.54. The minimum atomic E-state index is -3.84. The first-order valence-electron chi connectivity index (χ1n) is 9.24. The number of carbonyl (C=O) groups excluding carboxylic acids is 1. The molecule has 154 valence electrons. The Labute approximate surface area is 174 Å². The summed E-state index contributed by atoms with van der Waals surface area (Å²) >= 11 is 0. The van der Waals surface area contributed by atoms with E-state index in [2.05, 4.69) is 20.0 Å². The Kier molecular flexibility index (Phi) is 4.83. The van der Waals surface area contributed by atoms with Crippen molar-refractivity contribution < 1.29 is 13.2 Å². The Balaban J connectivity index is 1.73. The van der Waals surface area contributed by atoms with Gasteiger partial charge in [-0.2, -0.15) is 0 Å². The highest BCUT2D eigenvalue weighted by Gasteiger charge is 2.19. The van der Waals surface area contributed by atoms with Crippen molar-refractivity contribution in [2.24, 2.45) is 0 Å². The van der Waals surface area contributed by atoms with Gasteiger partial charge in [-0.1, -0.05) is 24.3 Å². The van der Waals surface area contributed by atoms with Gasteiger partial charge in [0.15, 0.2) is 0 Å². The van der Waals surface area contributed by atoms with E-state index in [0.717, 1.165) is 11.1 Å². The Bertz CT molecular complexity index is 1380. The fourth-order valence-electron chi connectivity index (χ4n) is 3.40. The van der Waals surface area contributed by atoms with Crippen LogP contribution in [0.5, 0.6) is 0 Å². The van der Waals surface area contributed by atoms with Crippen LogP contribution in [-0.2, 0) is 14.8 Å². The summed E-state index contributed by atoms with van der Waals surface area (Å²) in [6, 6.07) is 15.8. The molecule has 0 aliphatic rings. The first-order chi connectivity index (χ1) is 14.2. The second kappa shape index (κ2) is 7.34. The van der Waals surface area contributed by atoms with Gasteiger partial charge in [-0.3, -0.25) is 14.8 Å². The molecule has 0 unspecified atom stereocenters. The highest BCUT2D eigenvalue weighted by Crippen LogP contribution is 2.31. The van der Waals surface area contributed by atoms with E-state index in [9.17, 15) is 13.2 Å². The van der Waals surface area contributed by atoms with Crippen LogP contribution in [0.15, 0.2) is 59.5 Å². The Morgan fingerprint density at radius 2 is 1.77 bits per heavy atom. The maximum absolute atomic E-state index is 13.2. The first kappa shape index (κ1) is 19.7. The van der Waals surface area contributed by atoms with Crippen molar-refractivity contribution in [3.05, 3.63) is 54.6 Å². The molecule has 4 aromatic rings. The van der Waals surface area contributed by atoms with E-state index in [1.807, 2.05) is 37.2 Å². The zero-order valence-electron chi connectivity index (χ0n) is 16.7. The summed E-state index contributed by atoms with van der Waals surface area (Å²) in [6.45, 7) is 1.39. The van der Waals surface area contributed by atoms with Crippen LogP contribution in [0.4, 0.5) is 17.3 Å². The van der Waals surface area contributed by atoms with Crippen LogP contribution < -0.4 is 14.9 Å². The molecule has 4 rings (SSSR count). The molecule has 1 aromatic heterocycles. The van der Waals surface area contributed by atoms with Crippen LogP contribution in [0, 0.1) is 0 Å². The first-order valence-corrected chi connectivity index (χ1v) is 10.7. The van der Waals surface area contributed by atoms with Crippen LogP contribution >= 0.6 is 0 Å². The molecule has 0 saturated heterocycles. The number of benzene rings is 3. The largest absolute Gasteiger partial charge is 0.377 e. The summed E-state index contributed by atoms with van der Waals surface area (Å²) in [4.78, 5) is 20.6. The normalized spacial score (nSPS) is 11.6. The van der Waals surface area contributed by atoms with E-state index in [4.69, 9.17) is 0 Å². The van der Waals surface area contributed by atoms with E-state index >= 15 is 0 Å². The maximum atomic E-state index is 13.2. The molecule has 3 N–H and O–H groups in total. The highest BCUT2D eigenvalue weighted by atomic mass is 32.2. The number of aromatic nitrogens is 2. The van der Waals surface area contributed by atoms with Crippen molar-refractivity contribution in [2.75, 3.05) is 29.0 Å². The highest BCUT2D eigenvalue weighted by molar-refractivity contribution is 7.93. The average molecular weight is 423 g/mol. The molecule has 0 spiro atoms. The third-order valence-electron chi connectivity index (χ3n) is 4.66. The third-order valence-corrected chi connectivity index (χ3v) is 6.10. The minimum Gasteiger partial charge on any atom is -0.377 e. The van der Waals surface area contributed by atoms with Gasteiger partial charge in [-0.05, 0) is 30.3 Å².